The molecule has 1 aromatic carbocycles. The normalized spacial score (nSPS) is 16.6. The van der Waals surface area contributed by atoms with E-state index in [-0.39, 0.29) is 0 Å². The fraction of sp³-hybridized carbons (Fsp3) is 0.429. The van der Waals surface area contributed by atoms with E-state index in [1.54, 1.807) is 0 Å². The van der Waals surface area contributed by atoms with Crippen molar-refractivity contribution in [2.75, 3.05) is 43.4 Å². The molecule has 20 heavy (non-hydrogen) atoms. The van der Waals surface area contributed by atoms with Gasteiger partial charge in [-0.05, 0) is 30.8 Å². The Labute approximate surface area is 118 Å². The summed E-state index contributed by atoms with van der Waals surface area (Å²) in [5.41, 5.74) is 7.29. The van der Waals surface area contributed by atoms with E-state index in [0.29, 0.717) is 11.9 Å². The lowest BCUT2D eigenvalue weighted by Crippen LogP contribution is -2.46. The molecule has 0 unspecified atom stereocenters. The number of piperazine rings is 1. The first-order valence-corrected chi connectivity index (χ1v) is 6.93. The van der Waals surface area contributed by atoms with Gasteiger partial charge in [-0.1, -0.05) is 12.0 Å². The third-order valence-electron chi connectivity index (χ3n) is 3.66. The summed E-state index contributed by atoms with van der Waals surface area (Å²) < 4.78 is 5.76. The Morgan fingerprint density at radius 2 is 1.80 bits per heavy atom. The molecule has 1 aromatic heterocycles. The molecule has 0 bridgehead atoms. The number of nitrogen functional groups attached to an aromatic ring is 1. The van der Waals surface area contributed by atoms with Crippen molar-refractivity contribution in [2.45, 2.75) is 6.92 Å². The van der Waals surface area contributed by atoms with Crippen LogP contribution in [0.25, 0.3) is 11.5 Å². The van der Waals surface area contributed by atoms with Gasteiger partial charge in [-0.2, -0.15) is 0 Å². The van der Waals surface area contributed by atoms with E-state index in [9.17, 15) is 0 Å². The summed E-state index contributed by atoms with van der Waals surface area (Å²) in [6.45, 7) is 7.20. The minimum absolute atomic E-state index is 0.540. The molecule has 1 aliphatic heterocycles. The summed E-state index contributed by atoms with van der Waals surface area (Å²) in [7, 11) is 0. The van der Waals surface area contributed by atoms with Crippen LogP contribution < -0.4 is 10.6 Å². The molecule has 1 saturated heterocycles. The number of benzene rings is 1. The molecule has 3 rings (SSSR count). The van der Waals surface area contributed by atoms with Crippen LogP contribution in [0.2, 0.25) is 0 Å². The predicted octanol–water partition coefficient (Wildman–Crippen LogP) is 1.46. The van der Waals surface area contributed by atoms with E-state index in [1.165, 1.54) is 0 Å². The van der Waals surface area contributed by atoms with Crippen LogP contribution in [0.4, 0.5) is 11.7 Å². The van der Waals surface area contributed by atoms with Crippen LogP contribution in [0.15, 0.2) is 28.7 Å². The standard InChI is InChI=1S/C14H19N5O/c1-2-18-7-9-19(10-8-18)14-17-16-13(20-14)11-3-5-12(15)6-4-11/h3-6H,2,7-10,15H2,1H3. The average molecular weight is 273 g/mol. The first kappa shape index (κ1) is 12.9. The fourth-order valence-corrected chi connectivity index (χ4v) is 2.34. The van der Waals surface area contributed by atoms with Crippen LogP contribution in [0.1, 0.15) is 6.92 Å². The lowest BCUT2D eigenvalue weighted by Gasteiger charge is -2.32. The van der Waals surface area contributed by atoms with Crippen molar-refractivity contribution in [1.82, 2.24) is 15.1 Å². The zero-order valence-electron chi connectivity index (χ0n) is 11.6. The second-order valence-electron chi connectivity index (χ2n) is 4.93. The number of likely N-dealkylation sites (N-methyl/N-ethyl adjacent to an activating group) is 1. The minimum Gasteiger partial charge on any atom is -0.403 e. The van der Waals surface area contributed by atoms with Gasteiger partial charge < -0.3 is 20.0 Å². The first-order chi connectivity index (χ1) is 9.76. The van der Waals surface area contributed by atoms with Crippen molar-refractivity contribution >= 4 is 11.7 Å². The molecular formula is C14H19N5O. The lowest BCUT2D eigenvalue weighted by molar-refractivity contribution is 0.266. The number of aromatic nitrogens is 2. The van der Waals surface area contributed by atoms with Gasteiger partial charge in [-0.15, -0.1) is 5.10 Å². The Kier molecular flexibility index (Phi) is 3.56. The maximum Gasteiger partial charge on any atom is 0.318 e. The second kappa shape index (κ2) is 5.50. The molecule has 2 N–H and O–H groups in total. The Morgan fingerprint density at radius 3 is 2.45 bits per heavy atom. The third kappa shape index (κ3) is 2.60. The summed E-state index contributed by atoms with van der Waals surface area (Å²) >= 11 is 0. The quantitative estimate of drug-likeness (QED) is 0.854. The summed E-state index contributed by atoms with van der Waals surface area (Å²) in [6, 6.07) is 8.05. The highest BCUT2D eigenvalue weighted by molar-refractivity contribution is 5.57. The predicted molar refractivity (Wildman–Crippen MR) is 78.5 cm³/mol. The number of rotatable bonds is 3. The van der Waals surface area contributed by atoms with Crippen LogP contribution in [0, 0.1) is 0 Å². The van der Waals surface area contributed by atoms with Gasteiger partial charge in [-0.25, -0.2) is 0 Å². The Morgan fingerprint density at radius 1 is 1.10 bits per heavy atom. The van der Waals surface area contributed by atoms with Crippen molar-refractivity contribution in [1.29, 1.82) is 0 Å². The molecule has 0 aliphatic carbocycles. The van der Waals surface area contributed by atoms with E-state index in [0.717, 1.165) is 44.0 Å². The Bertz CT molecular complexity index is 557. The highest BCUT2D eigenvalue weighted by atomic mass is 16.4. The van der Waals surface area contributed by atoms with Gasteiger partial charge in [0.25, 0.3) is 0 Å². The molecular weight excluding hydrogens is 254 g/mol. The molecule has 1 fully saturated rings. The minimum atomic E-state index is 0.540. The fourth-order valence-electron chi connectivity index (χ4n) is 2.34. The van der Waals surface area contributed by atoms with Gasteiger partial charge in [0.05, 0.1) is 0 Å². The number of nitrogens with two attached hydrogens (primary N) is 1. The van der Waals surface area contributed by atoms with E-state index in [1.807, 2.05) is 24.3 Å². The van der Waals surface area contributed by atoms with Crippen molar-refractivity contribution < 1.29 is 4.42 Å². The van der Waals surface area contributed by atoms with Gasteiger partial charge in [0.1, 0.15) is 0 Å². The monoisotopic (exact) mass is 273 g/mol. The molecule has 0 amide bonds. The van der Waals surface area contributed by atoms with E-state index in [2.05, 4.69) is 26.9 Å². The summed E-state index contributed by atoms with van der Waals surface area (Å²) in [5.74, 6) is 0.540. The largest absolute Gasteiger partial charge is 0.403 e. The molecule has 0 radical (unpaired) electrons. The number of hydrogen-bond acceptors (Lipinski definition) is 6. The summed E-state index contributed by atoms with van der Waals surface area (Å²) in [6.07, 6.45) is 0. The highest BCUT2D eigenvalue weighted by Gasteiger charge is 2.20. The lowest BCUT2D eigenvalue weighted by atomic mass is 10.2. The van der Waals surface area contributed by atoms with Crippen LogP contribution in [-0.2, 0) is 0 Å². The zero-order chi connectivity index (χ0) is 13.9. The first-order valence-electron chi connectivity index (χ1n) is 6.93. The van der Waals surface area contributed by atoms with Crippen molar-refractivity contribution in [3.05, 3.63) is 24.3 Å². The molecule has 2 heterocycles. The molecule has 0 atom stereocenters. The molecule has 0 spiro atoms. The topological polar surface area (TPSA) is 71.4 Å². The van der Waals surface area contributed by atoms with Gasteiger partial charge in [0.15, 0.2) is 0 Å². The number of nitrogens with zero attached hydrogens (tertiary/aromatic N) is 4. The smallest absolute Gasteiger partial charge is 0.318 e. The Balaban J connectivity index is 1.72. The highest BCUT2D eigenvalue weighted by Crippen LogP contribution is 2.23. The average Bonchev–Trinajstić information content (AvgIpc) is 2.98. The molecule has 2 aromatic rings. The molecule has 0 saturated carbocycles. The molecule has 6 heteroatoms. The SMILES string of the molecule is CCN1CCN(c2nnc(-c3ccc(N)cc3)o2)CC1. The number of anilines is 2. The van der Waals surface area contributed by atoms with Gasteiger partial charge >= 0.3 is 6.01 Å². The van der Waals surface area contributed by atoms with Gasteiger partial charge in [0, 0.05) is 37.4 Å². The van der Waals surface area contributed by atoms with Crippen molar-refractivity contribution in [3.8, 4) is 11.5 Å². The van der Waals surface area contributed by atoms with E-state index in [4.69, 9.17) is 10.2 Å². The second-order valence-corrected chi connectivity index (χ2v) is 4.93. The molecule has 6 nitrogen and oxygen atoms in total. The summed E-state index contributed by atoms with van der Waals surface area (Å²) in [5, 5.41) is 8.27. The van der Waals surface area contributed by atoms with E-state index < -0.39 is 0 Å². The van der Waals surface area contributed by atoms with Crippen LogP contribution in [-0.4, -0.2) is 47.8 Å². The van der Waals surface area contributed by atoms with Crippen LogP contribution in [0.5, 0.6) is 0 Å². The van der Waals surface area contributed by atoms with Crippen molar-refractivity contribution in [3.63, 3.8) is 0 Å². The van der Waals surface area contributed by atoms with Gasteiger partial charge in [-0.3, -0.25) is 0 Å². The summed E-state index contributed by atoms with van der Waals surface area (Å²) in [4.78, 5) is 4.55. The van der Waals surface area contributed by atoms with Gasteiger partial charge in [0.2, 0.25) is 5.89 Å². The third-order valence-corrected chi connectivity index (χ3v) is 3.66. The van der Waals surface area contributed by atoms with Crippen LogP contribution >= 0.6 is 0 Å². The molecule has 106 valence electrons. The van der Waals surface area contributed by atoms with Crippen molar-refractivity contribution in [2.24, 2.45) is 0 Å². The maximum absolute atomic E-state index is 5.76. The zero-order valence-corrected chi connectivity index (χ0v) is 11.6. The molecule has 1 aliphatic rings. The van der Waals surface area contributed by atoms with Crippen LogP contribution in [0.3, 0.4) is 0 Å². The maximum atomic E-state index is 5.76. The van der Waals surface area contributed by atoms with E-state index >= 15 is 0 Å². The Hall–Kier alpha value is -2.08. The number of hydrogen-bond donors (Lipinski definition) is 1.